The van der Waals surface area contributed by atoms with E-state index in [1.54, 1.807) is 0 Å². The van der Waals surface area contributed by atoms with Gasteiger partial charge in [-0.3, -0.25) is 0 Å². The minimum atomic E-state index is 0.419. The highest BCUT2D eigenvalue weighted by molar-refractivity contribution is 5.84. The van der Waals surface area contributed by atoms with E-state index >= 15 is 0 Å². The second-order valence-electron chi connectivity index (χ2n) is 4.82. The number of nitrogens with one attached hydrogen (secondary N) is 1. The molecule has 3 aromatic rings. The number of benzene rings is 1. The fraction of sp³-hybridized carbons (Fsp3) is 0.214. The van der Waals surface area contributed by atoms with Gasteiger partial charge in [0.1, 0.15) is 17.7 Å². The average Bonchev–Trinajstić information content (AvgIpc) is 2.84. The number of anilines is 1. The summed E-state index contributed by atoms with van der Waals surface area (Å²) in [5, 5.41) is 0. The molecular weight excluding hydrogens is 238 g/mol. The SMILES string of the molecule is CC(C)c1ccc(-c2nc3ncnc(N)c3[nH]2)cc1. The van der Waals surface area contributed by atoms with Crippen molar-refractivity contribution in [2.75, 3.05) is 5.73 Å². The van der Waals surface area contributed by atoms with Crippen molar-refractivity contribution in [2.24, 2.45) is 0 Å². The molecule has 0 aliphatic carbocycles. The molecule has 0 aliphatic heterocycles. The van der Waals surface area contributed by atoms with E-state index in [2.05, 4.69) is 58.0 Å². The number of nitrogens with zero attached hydrogens (tertiary/aromatic N) is 3. The highest BCUT2D eigenvalue weighted by Crippen LogP contribution is 2.23. The summed E-state index contributed by atoms with van der Waals surface area (Å²) in [6, 6.07) is 8.33. The van der Waals surface area contributed by atoms with Gasteiger partial charge in [0.05, 0.1) is 0 Å². The quantitative estimate of drug-likeness (QED) is 0.735. The van der Waals surface area contributed by atoms with Crippen LogP contribution in [0.15, 0.2) is 30.6 Å². The number of nitrogen functional groups attached to an aromatic ring is 1. The fourth-order valence-electron chi connectivity index (χ4n) is 2.01. The fourth-order valence-corrected chi connectivity index (χ4v) is 2.01. The third-order valence-electron chi connectivity index (χ3n) is 3.17. The van der Waals surface area contributed by atoms with Crippen molar-refractivity contribution in [1.82, 2.24) is 19.9 Å². The van der Waals surface area contributed by atoms with Crippen molar-refractivity contribution in [1.29, 1.82) is 0 Å². The predicted molar refractivity (Wildman–Crippen MR) is 75.6 cm³/mol. The molecule has 0 bridgehead atoms. The van der Waals surface area contributed by atoms with Crippen molar-refractivity contribution >= 4 is 17.0 Å². The van der Waals surface area contributed by atoms with Gasteiger partial charge in [0.2, 0.25) is 0 Å². The summed E-state index contributed by atoms with van der Waals surface area (Å²) in [7, 11) is 0. The van der Waals surface area contributed by atoms with Gasteiger partial charge in [0.15, 0.2) is 11.5 Å². The molecule has 5 nitrogen and oxygen atoms in total. The molecule has 0 fully saturated rings. The van der Waals surface area contributed by atoms with Gasteiger partial charge < -0.3 is 10.7 Å². The molecule has 0 radical (unpaired) electrons. The molecule has 2 aromatic heterocycles. The van der Waals surface area contributed by atoms with E-state index in [0.717, 1.165) is 11.4 Å². The molecule has 0 atom stereocenters. The normalized spacial score (nSPS) is 11.3. The monoisotopic (exact) mass is 253 g/mol. The number of imidazole rings is 1. The lowest BCUT2D eigenvalue weighted by Gasteiger charge is -2.05. The zero-order valence-corrected chi connectivity index (χ0v) is 10.9. The van der Waals surface area contributed by atoms with Crippen LogP contribution < -0.4 is 5.73 Å². The molecule has 0 spiro atoms. The lowest BCUT2D eigenvalue weighted by Crippen LogP contribution is -1.91. The van der Waals surface area contributed by atoms with Gasteiger partial charge in [-0.2, -0.15) is 0 Å². The van der Waals surface area contributed by atoms with E-state index in [4.69, 9.17) is 5.73 Å². The summed E-state index contributed by atoms with van der Waals surface area (Å²) in [5.74, 6) is 1.70. The number of nitrogens with two attached hydrogens (primary N) is 1. The van der Waals surface area contributed by atoms with Crippen LogP contribution in [0.25, 0.3) is 22.6 Å². The summed E-state index contributed by atoms with van der Waals surface area (Å²) in [5.41, 5.74) is 9.39. The molecule has 1 aromatic carbocycles. The van der Waals surface area contributed by atoms with Crippen molar-refractivity contribution in [2.45, 2.75) is 19.8 Å². The van der Waals surface area contributed by atoms with Crippen LogP contribution in [0.2, 0.25) is 0 Å². The molecule has 19 heavy (non-hydrogen) atoms. The molecule has 0 saturated heterocycles. The van der Waals surface area contributed by atoms with Gasteiger partial charge in [0, 0.05) is 5.56 Å². The highest BCUT2D eigenvalue weighted by Gasteiger charge is 2.09. The summed E-state index contributed by atoms with van der Waals surface area (Å²) >= 11 is 0. The van der Waals surface area contributed by atoms with Gasteiger partial charge in [-0.05, 0) is 11.5 Å². The van der Waals surface area contributed by atoms with Crippen LogP contribution in [0.5, 0.6) is 0 Å². The number of aromatic amines is 1. The molecule has 0 aliphatic rings. The van der Waals surface area contributed by atoms with E-state index in [9.17, 15) is 0 Å². The maximum Gasteiger partial charge on any atom is 0.183 e. The number of aromatic nitrogens is 4. The smallest absolute Gasteiger partial charge is 0.183 e. The van der Waals surface area contributed by atoms with E-state index < -0.39 is 0 Å². The number of H-pyrrole nitrogens is 1. The molecule has 3 rings (SSSR count). The van der Waals surface area contributed by atoms with E-state index in [0.29, 0.717) is 22.9 Å². The van der Waals surface area contributed by atoms with E-state index in [1.807, 2.05) is 0 Å². The molecule has 96 valence electrons. The Bertz CT molecular complexity index is 712. The standard InChI is InChI=1S/C14H15N5/c1-8(2)9-3-5-10(6-4-9)13-18-11-12(15)16-7-17-14(11)19-13/h3-8H,1-2H3,(H3,15,16,17,18,19). The number of hydrogen-bond donors (Lipinski definition) is 2. The molecule has 0 saturated carbocycles. The second-order valence-corrected chi connectivity index (χ2v) is 4.82. The third-order valence-corrected chi connectivity index (χ3v) is 3.17. The zero-order valence-electron chi connectivity index (χ0n) is 10.9. The Morgan fingerprint density at radius 1 is 1.11 bits per heavy atom. The van der Waals surface area contributed by atoms with Crippen LogP contribution in [0.4, 0.5) is 5.82 Å². The van der Waals surface area contributed by atoms with Crippen molar-refractivity contribution in [3.63, 3.8) is 0 Å². The van der Waals surface area contributed by atoms with Crippen LogP contribution in [0, 0.1) is 0 Å². The van der Waals surface area contributed by atoms with Crippen molar-refractivity contribution in [3.8, 4) is 11.4 Å². The first-order valence-corrected chi connectivity index (χ1v) is 6.21. The van der Waals surface area contributed by atoms with Crippen LogP contribution in [-0.2, 0) is 0 Å². The minimum absolute atomic E-state index is 0.419. The summed E-state index contributed by atoms with van der Waals surface area (Å²) in [4.78, 5) is 15.6. The first-order chi connectivity index (χ1) is 9.15. The van der Waals surface area contributed by atoms with Gasteiger partial charge >= 0.3 is 0 Å². The van der Waals surface area contributed by atoms with Crippen molar-refractivity contribution < 1.29 is 0 Å². The second kappa shape index (κ2) is 4.35. The molecule has 2 heterocycles. The van der Waals surface area contributed by atoms with Gasteiger partial charge in [-0.1, -0.05) is 38.1 Å². The topological polar surface area (TPSA) is 80.5 Å². The van der Waals surface area contributed by atoms with E-state index in [-0.39, 0.29) is 0 Å². The summed E-state index contributed by atoms with van der Waals surface area (Å²) in [6.45, 7) is 4.35. The minimum Gasteiger partial charge on any atom is -0.382 e. The average molecular weight is 253 g/mol. The molecule has 0 unspecified atom stereocenters. The number of fused-ring (bicyclic) bond motifs is 1. The predicted octanol–water partition coefficient (Wildman–Crippen LogP) is 2.73. The van der Waals surface area contributed by atoms with Gasteiger partial charge in [-0.15, -0.1) is 0 Å². The zero-order chi connectivity index (χ0) is 13.4. The van der Waals surface area contributed by atoms with Gasteiger partial charge in [0.25, 0.3) is 0 Å². The Morgan fingerprint density at radius 3 is 2.47 bits per heavy atom. The number of rotatable bonds is 2. The molecule has 5 heteroatoms. The molecular formula is C14H15N5. The van der Waals surface area contributed by atoms with Gasteiger partial charge in [-0.25, -0.2) is 15.0 Å². The van der Waals surface area contributed by atoms with Crippen LogP contribution in [0.1, 0.15) is 25.3 Å². The van der Waals surface area contributed by atoms with Crippen molar-refractivity contribution in [3.05, 3.63) is 36.2 Å². The Morgan fingerprint density at radius 2 is 1.84 bits per heavy atom. The largest absolute Gasteiger partial charge is 0.382 e. The van der Waals surface area contributed by atoms with Crippen LogP contribution in [0.3, 0.4) is 0 Å². The maximum absolute atomic E-state index is 5.79. The Labute approximate surface area is 110 Å². The first kappa shape index (κ1) is 11.6. The Kier molecular flexibility index (Phi) is 2.67. The molecule has 3 N–H and O–H groups in total. The summed E-state index contributed by atoms with van der Waals surface area (Å²) in [6.07, 6.45) is 1.42. The Hall–Kier alpha value is -2.43. The lowest BCUT2D eigenvalue weighted by atomic mass is 10.0. The van der Waals surface area contributed by atoms with E-state index in [1.165, 1.54) is 11.9 Å². The Balaban J connectivity index is 2.06. The molecule has 0 amide bonds. The first-order valence-electron chi connectivity index (χ1n) is 6.21. The highest BCUT2D eigenvalue weighted by atomic mass is 15.0. The van der Waals surface area contributed by atoms with Crippen LogP contribution >= 0.6 is 0 Å². The third kappa shape index (κ3) is 2.03. The van der Waals surface area contributed by atoms with Crippen LogP contribution in [-0.4, -0.2) is 19.9 Å². The lowest BCUT2D eigenvalue weighted by molar-refractivity contribution is 0.867. The maximum atomic E-state index is 5.79. The number of hydrogen-bond acceptors (Lipinski definition) is 4. The summed E-state index contributed by atoms with van der Waals surface area (Å²) < 4.78 is 0.